The van der Waals surface area contributed by atoms with Crippen molar-refractivity contribution in [3.8, 4) is 0 Å². The van der Waals surface area contributed by atoms with Gasteiger partial charge in [0.25, 0.3) is 0 Å². The van der Waals surface area contributed by atoms with E-state index in [0.29, 0.717) is 12.8 Å². The molecule has 2 aliphatic rings. The van der Waals surface area contributed by atoms with Crippen LogP contribution in [0.25, 0.3) is 0 Å². The minimum atomic E-state index is -0.160. The van der Waals surface area contributed by atoms with Gasteiger partial charge in [0.2, 0.25) is 11.8 Å². The van der Waals surface area contributed by atoms with Crippen LogP contribution in [0.3, 0.4) is 0 Å². The highest BCUT2D eigenvalue weighted by Gasteiger charge is 2.48. The molecule has 1 aromatic rings. The fraction of sp³-hybridized carbons (Fsp3) is 0.333. The molecule has 1 saturated heterocycles. The summed E-state index contributed by atoms with van der Waals surface area (Å²) in [5.41, 5.74) is 0.736. The molecule has 1 aliphatic carbocycles. The summed E-state index contributed by atoms with van der Waals surface area (Å²) >= 11 is 1.56. The maximum Gasteiger partial charge on any atom is 0.238 e. The maximum atomic E-state index is 12.5. The van der Waals surface area contributed by atoms with Crippen LogP contribution >= 0.6 is 11.8 Å². The summed E-state index contributed by atoms with van der Waals surface area (Å²) in [4.78, 5) is 27.3. The highest BCUT2D eigenvalue weighted by molar-refractivity contribution is 7.98. The second kappa shape index (κ2) is 4.85. The minimum absolute atomic E-state index is 0.0409. The van der Waals surface area contributed by atoms with Gasteiger partial charge in [0, 0.05) is 4.90 Å². The third-order valence-electron chi connectivity index (χ3n) is 3.83. The fourth-order valence-electron chi connectivity index (χ4n) is 2.85. The Balaban J connectivity index is 2.02. The Labute approximate surface area is 116 Å². The third kappa shape index (κ3) is 1.91. The Morgan fingerprint density at radius 2 is 1.63 bits per heavy atom. The Morgan fingerprint density at radius 1 is 1.05 bits per heavy atom. The van der Waals surface area contributed by atoms with E-state index in [1.165, 1.54) is 4.90 Å². The zero-order valence-corrected chi connectivity index (χ0v) is 11.5. The van der Waals surface area contributed by atoms with Gasteiger partial charge in [-0.15, -0.1) is 11.8 Å². The molecule has 0 radical (unpaired) electrons. The average Bonchev–Trinajstić information content (AvgIpc) is 2.71. The molecule has 0 spiro atoms. The normalized spacial score (nSPS) is 25.8. The average molecular weight is 273 g/mol. The molecule has 4 heteroatoms. The first-order valence-electron chi connectivity index (χ1n) is 6.40. The number of hydrogen-bond acceptors (Lipinski definition) is 3. The van der Waals surface area contributed by atoms with Crippen molar-refractivity contribution < 1.29 is 9.59 Å². The zero-order chi connectivity index (χ0) is 13.4. The number of allylic oxidation sites excluding steroid dienone is 2. The molecule has 2 amide bonds. The number of thioether (sulfide) groups is 1. The molecule has 1 heterocycles. The highest BCUT2D eigenvalue weighted by Crippen LogP contribution is 2.40. The van der Waals surface area contributed by atoms with Gasteiger partial charge in [0.05, 0.1) is 17.5 Å². The number of imide groups is 1. The first kappa shape index (κ1) is 12.5. The van der Waals surface area contributed by atoms with Crippen LogP contribution in [-0.4, -0.2) is 18.1 Å². The van der Waals surface area contributed by atoms with E-state index in [1.807, 2.05) is 42.7 Å². The summed E-state index contributed by atoms with van der Waals surface area (Å²) in [5, 5.41) is 0. The van der Waals surface area contributed by atoms with Gasteiger partial charge in [-0.1, -0.05) is 24.3 Å². The molecule has 0 aromatic heterocycles. The standard InChI is InChI=1S/C15H15NO2S/c1-19-13-9-5-4-8-12(13)16-14(17)10-6-2-3-7-11(10)15(16)18/h2-5,8-11H,6-7H2,1H3/t10-,11-/m1/s1. The number of amides is 2. The molecular formula is C15H15NO2S. The Kier molecular flexibility index (Phi) is 3.19. The largest absolute Gasteiger partial charge is 0.274 e. The zero-order valence-electron chi connectivity index (χ0n) is 10.7. The van der Waals surface area contributed by atoms with Crippen LogP contribution in [0.1, 0.15) is 12.8 Å². The van der Waals surface area contributed by atoms with E-state index < -0.39 is 0 Å². The van der Waals surface area contributed by atoms with E-state index in [1.54, 1.807) is 11.8 Å². The van der Waals surface area contributed by atoms with E-state index in [0.717, 1.165) is 10.6 Å². The molecule has 1 aromatic carbocycles. The Hall–Kier alpha value is -1.55. The van der Waals surface area contributed by atoms with Crippen molar-refractivity contribution in [3.63, 3.8) is 0 Å². The van der Waals surface area contributed by atoms with Crippen molar-refractivity contribution in [1.82, 2.24) is 0 Å². The lowest BCUT2D eigenvalue weighted by atomic mass is 9.85. The lowest BCUT2D eigenvalue weighted by molar-refractivity contribution is -0.122. The molecule has 0 unspecified atom stereocenters. The second-order valence-corrected chi connectivity index (χ2v) is 5.69. The third-order valence-corrected chi connectivity index (χ3v) is 4.62. The number of carbonyl (C=O) groups excluding carboxylic acids is 2. The Morgan fingerprint density at radius 3 is 2.21 bits per heavy atom. The lowest BCUT2D eigenvalue weighted by Crippen LogP contribution is -2.31. The molecule has 2 atom stereocenters. The van der Waals surface area contributed by atoms with Crippen LogP contribution in [0.15, 0.2) is 41.3 Å². The number of fused-ring (bicyclic) bond motifs is 1. The summed E-state index contributed by atoms with van der Waals surface area (Å²) in [6, 6.07) is 7.60. The number of carbonyl (C=O) groups is 2. The van der Waals surface area contributed by atoms with Crippen LogP contribution in [0, 0.1) is 11.8 Å². The molecule has 98 valence electrons. The van der Waals surface area contributed by atoms with Crippen LogP contribution in [0.4, 0.5) is 5.69 Å². The monoisotopic (exact) mass is 273 g/mol. The number of para-hydroxylation sites is 1. The van der Waals surface area contributed by atoms with Gasteiger partial charge in [-0.25, -0.2) is 4.90 Å². The van der Waals surface area contributed by atoms with Crippen molar-refractivity contribution in [1.29, 1.82) is 0 Å². The van der Waals surface area contributed by atoms with Crippen molar-refractivity contribution in [2.24, 2.45) is 11.8 Å². The highest BCUT2D eigenvalue weighted by atomic mass is 32.2. The van der Waals surface area contributed by atoms with Gasteiger partial charge in [0.1, 0.15) is 0 Å². The summed E-state index contributed by atoms with van der Waals surface area (Å²) in [5.74, 6) is -0.401. The molecule has 0 saturated carbocycles. The van der Waals surface area contributed by atoms with Crippen molar-refractivity contribution in [2.45, 2.75) is 17.7 Å². The number of hydrogen-bond donors (Lipinski definition) is 0. The van der Waals surface area contributed by atoms with Crippen molar-refractivity contribution in [3.05, 3.63) is 36.4 Å². The first-order chi connectivity index (χ1) is 9.24. The van der Waals surface area contributed by atoms with Gasteiger partial charge < -0.3 is 0 Å². The smallest absolute Gasteiger partial charge is 0.238 e. The van der Waals surface area contributed by atoms with E-state index >= 15 is 0 Å². The van der Waals surface area contributed by atoms with E-state index in [9.17, 15) is 9.59 Å². The second-order valence-electron chi connectivity index (χ2n) is 4.84. The lowest BCUT2D eigenvalue weighted by Gasteiger charge is -2.17. The summed E-state index contributed by atoms with van der Waals surface area (Å²) < 4.78 is 0. The molecule has 3 rings (SSSR count). The molecule has 0 bridgehead atoms. The first-order valence-corrected chi connectivity index (χ1v) is 7.62. The van der Waals surface area contributed by atoms with Gasteiger partial charge in [-0.05, 0) is 31.2 Å². The molecule has 0 N–H and O–H groups in total. The van der Waals surface area contributed by atoms with Gasteiger partial charge >= 0.3 is 0 Å². The molecule has 3 nitrogen and oxygen atoms in total. The van der Waals surface area contributed by atoms with Crippen molar-refractivity contribution >= 4 is 29.3 Å². The summed E-state index contributed by atoms with van der Waals surface area (Å²) in [6.45, 7) is 0. The predicted octanol–water partition coefficient (Wildman–Crippen LogP) is 2.86. The van der Waals surface area contributed by atoms with Gasteiger partial charge in [-0.2, -0.15) is 0 Å². The molecule has 1 fully saturated rings. The summed E-state index contributed by atoms with van der Waals surface area (Å²) in [6.07, 6.45) is 7.35. The molecule has 1 aliphatic heterocycles. The van der Waals surface area contributed by atoms with Crippen LogP contribution in [0.2, 0.25) is 0 Å². The SMILES string of the molecule is CSc1ccccc1N1C(=O)[C@@H]2CC=CC[C@H]2C1=O. The molecule has 19 heavy (non-hydrogen) atoms. The number of nitrogens with zero attached hydrogens (tertiary/aromatic N) is 1. The van der Waals surface area contributed by atoms with Crippen LogP contribution < -0.4 is 4.90 Å². The minimum Gasteiger partial charge on any atom is -0.274 e. The predicted molar refractivity (Wildman–Crippen MR) is 76.1 cm³/mol. The van der Waals surface area contributed by atoms with Crippen LogP contribution in [-0.2, 0) is 9.59 Å². The van der Waals surface area contributed by atoms with E-state index in [-0.39, 0.29) is 23.7 Å². The van der Waals surface area contributed by atoms with Crippen LogP contribution in [0.5, 0.6) is 0 Å². The maximum absolute atomic E-state index is 12.5. The van der Waals surface area contributed by atoms with Gasteiger partial charge in [-0.3, -0.25) is 9.59 Å². The fourth-order valence-corrected chi connectivity index (χ4v) is 3.44. The topological polar surface area (TPSA) is 37.4 Å². The van der Waals surface area contributed by atoms with E-state index in [4.69, 9.17) is 0 Å². The Bertz CT molecular complexity index is 541. The quantitative estimate of drug-likeness (QED) is 0.472. The van der Waals surface area contributed by atoms with Crippen molar-refractivity contribution in [2.75, 3.05) is 11.2 Å². The number of benzene rings is 1. The number of anilines is 1. The molecular weight excluding hydrogens is 258 g/mol. The number of rotatable bonds is 2. The van der Waals surface area contributed by atoms with Gasteiger partial charge in [0.15, 0.2) is 0 Å². The van der Waals surface area contributed by atoms with E-state index in [2.05, 4.69) is 0 Å². The summed E-state index contributed by atoms with van der Waals surface area (Å²) in [7, 11) is 0.